The first-order valence-electron chi connectivity index (χ1n) is 8.34. The quantitative estimate of drug-likeness (QED) is 0.428. The monoisotopic (exact) mass is 447 g/mol. The summed E-state index contributed by atoms with van der Waals surface area (Å²) in [5.74, 6) is 3.38. The Morgan fingerprint density at radius 2 is 1.88 bits per heavy atom. The van der Waals surface area contributed by atoms with Crippen LogP contribution in [0, 0.1) is 5.92 Å². The molecule has 1 heterocycles. The first-order valence-corrected chi connectivity index (χ1v) is 8.34. The molecular weight excluding hydrogens is 417 g/mol. The van der Waals surface area contributed by atoms with Crippen molar-refractivity contribution in [3.8, 4) is 11.5 Å². The van der Waals surface area contributed by atoms with Gasteiger partial charge < -0.3 is 19.7 Å². The third kappa shape index (κ3) is 5.72. The van der Waals surface area contributed by atoms with Crippen molar-refractivity contribution in [3.63, 3.8) is 0 Å². The Bertz CT molecular complexity index is 529. The molecule has 0 aromatic heterocycles. The van der Waals surface area contributed by atoms with Crippen LogP contribution in [-0.2, 0) is 6.42 Å². The predicted molar refractivity (Wildman–Crippen MR) is 110 cm³/mol. The number of ether oxygens (including phenoxy) is 2. The lowest BCUT2D eigenvalue weighted by Crippen LogP contribution is -2.45. The Morgan fingerprint density at radius 3 is 2.46 bits per heavy atom. The summed E-state index contributed by atoms with van der Waals surface area (Å²) in [4.78, 5) is 6.77. The number of methoxy groups -OCH3 is 2. The molecule has 0 atom stereocenters. The lowest BCUT2D eigenvalue weighted by Gasteiger charge is -2.32. The minimum atomic E-state index is 0. The summed E-state index contributed by atoms with van der Waals surface area (Å²) in [5.41, 5.74) is 1.22. The highest BCUT2D eigenvalue weighted by molar-refractivity contribution is 14.0. The van der Waals surface area contributed by atoms with Crippen molar-refractivity contribution in [1.82, 2.24) is 10.2 Å². The van der Waals surface area contributed by atoms with E-state index < -0.39 is 0 Å². The van der Waals surface area contributed by atoms with Crippen LogP contribution in [0.4, 0.5) is 0 Å². The number of nitrogens with one attached hydrogen (secondary N) is 1. The Labute approximate surface area is 162 Å². The molecule has 1 aliphatic rings. The molecule has 0 spiro atoms. The number of hydrogen-bond donors (Lipinski definition) is 1. The summed E-state index contributed by atoms with van der Waals surface area (Å²) in [7, 11) is 5.18. The molecule has 0 radical (unpaired) electrons. The maximum Gasteiger partial charge on any atom is 0.193 e. The van der Waals surface area contributed by atoms with Crippen LogP contribution in [0.15, 0.2) is 23.2 Å². The van der Waals surface area contributed by atoms with Gasteiger partial charge in [-0.1, -0.05) is 13.0 Å². The number of guanidine groups is 1. The number of hydrogen-bond acceptors (Lipinski definition) is 3. The SMILES string of the molecule is CN=C(NCCc1ccc(OC)c(OC)c1)N1CCC(C)CC1.I. The molecular formula is C18H30IN3O2. The first-order chi connectivity index (χ1) is 11.2. The van der Waals surface area contributed by atoms with E-state index >= 15 is 0 Å². The van der Waals surface area contributed by atoms with Crippen LogP contribution in [-0.4, -0.2) is 51.8 Å². The Hall–Kier alpha value is -1.18. The molecule has 0 unspecified atom stereocenters. The molecule has 136 valence electrons. The molecule has 0 saturated carbocycles. The molecule has 1 fully saturated rings. The minimum absolute atomic E-state index is 0. The molecule has 1 aromatic rings. The zero-order valence-electron chi connectivity index (χ0n) is 15.2. The maximum atomic E-state index is 5.35. The summed E-state index contributed by atoms with van der Waals surface area (Å²) < 4.78 is 10.6. The van der Waals surface area contributed by atoms with Crippen molar-refractivity contribution in [2.45, 2.75) is 26.2 Å². The molecule has 6 heteroatoms. The van der Waals surface area contributed by atoms with Gasteiger partial charge in [0.05, 0.1) is 14.2 Å². The van der Waals surface area contributed by atoms with Crippen LogP contribution in [0.2, 0.25) is 0 Å². The van der Waals surface area contributed by atoms with Gasteiger partial charge in [0.25, 0.3) is 0 Å². The number of nitrogens with zero attached hydrogens (tertiary/aromatic N) is 2. The number of piperidine rings is 1. The van der Waals surface area contributed by atoms with E-state index in [1.807, 2.05) is 19.2 Å². The zero-order chi connectivity index (χ0) is 16.7. The smallest absolute Gasteiger partial charge is 0.193 e. The maximum absolute atomic E-state index is 5.35. The number of likely N-dealkylation sites (tertiary alicyclic amines) is 1. The van der Waals surface area contributed by atoms with Crippen molar-refractivity contribution in [2.75, 3.05) is 40.9 Å². The molecule has 24 heavy (non-hydrogen) atoms. The van der Waals surface area contributed by atoms with E-state index in [9.17, 15) is 0 Å². The fraction of sp³-hybridized carbons (Fsp3) is 0.611. The van der Waals surface area contributed by atoms with Crippen LogP contribution < -0.4 is 14.8 Å². The highest BCUT2D eigenvalue weighted by Gasteiger charge is 2.18. The Balaban J connectivity index is 0.00000288. The molecule has 0 aliphatic carbocycles. The summed E-state index contributed by atoms with van der Waals surface area (Å²) in [5, 5.41) is 3.47. The van der Waals surface area contributed by atoms with E-state index in [0.717, 1.165) is 49.4 Å². The van der Waals surface area contributed by atoms with Crippen LogP contribution >= 0.6 is 24.0 Å². The highest BCUT2D eigenvalue weighted by Crippen LogP contribution is 2.27. The van der Waals surface area contributed by atoms with Crippen molar-refractivity contribution in [3.05, 3.63) is 23.8 Å². The van der Waals surface area contributed by atoms with Gasteiger partial charge in [0.15, 0.2) is 17.5 Å². The van der Waals surface area contributed by atoms with Gasteiger partial charge in [-0.3, -0.25) is 4.99 Å². The van der Waals surface area contributed by atoms with Gasteiger partial charge in [-0.2, -0.15) is 0 Å². The lowest BCUT2D eigenvalue weighted by atomic mass is 9.99. The normalized spacial score (nSPS) is 15.7. The van der Waals surface area contributed by atoms with Crippen molar-refractivity contribution in [1.29, 1.82) is 0 Å². The van der Waals surface area contributed by atoms with Crippen LogP contribution in [0.1, 0.15) is 25.3 Å². The Morgan fingerprint density at radius 1 is 1.21 bits per heavy atom. The van der Waals surface area contributed by atoms with Crippen LogP contribution in [0.3, 0.4) is 0 Å². The number of rotatable bonds is 5. The van der Waals surface area contributed by atoms with E-state index in [1.165, 1.54) is 18.4 Å². The third-order valence-electron chi connectivity index (χ3n) is 4.44. The Kier molecular flexibility index (Phi) is 9.25. The number of benzene rings is 1. The number of aliphatic imine (C=N–C) groups is 1. The molecule has 0 bridgehead atoms. The van der Waals surface area contributed by atoms with Crippen molar-refractivity contribution >= 4 is 29.9 Å². The number of halogens is 1. The van der Waals surface area contributed by atoms with E-state index in [2.05, 4.69) is 28.2 Å². The topological polar surface area (TPSA) is 46.1 Å². The average Bonchev–Trinajstić information content (AvgIpc) is 2.59. The van der Waals surface area contributed by atoms with Gasteiger partial charge in [0.1, 0.15) is 0 Å². The van der Waals surface area contributed by atoms with Gasteiger partial charge >= 0.3 is 0 Å². The van der Waals surface area contributed by atoms with E-state index in [4.69, 9.17) is 9.47 Å². The molecule has 0 amide bonds. The summed E-state index contributed by atoms with van der Waals surface area (Å²) in [6.45, 7) is 5.37. The molecule has 1 aromatic carbocycles. The molecule has 5 nitrogen and oxygen atoms in total. The van der Waals surface area contributed by atoms with Gasteiger partial charge in [0, 0.05) is 26.7 Å². The van der Waals surface area contributed by atoms with Crippen LogP contribution in [0.5, 0.6) is 11.5 Å². The third-order valence-corrected chi connectivity index (χ3v) is 4.44. The van der Waals surface area contributed by atoms with E-state index in [1.54, 1.807) is 14.2 Å². The largest absolute Gasteiger partial charge is 0.493 e. The van der Waals surface area contributed by atoms with E-state index in [0.29, 0.717) is 0 Å². The van der Waals surface area contributed by atoms with Gasteiger partial charge in [-0.05, 0) is 42.9 Å². The fourth-order valence-corrected chi connectivity index (χ4v) is 2.91. The molecule has 1 N–H and O–H groups in total. The molecule has 1 aliphatic heterocycles. The molecule has 2 rings (SSSR count). The lowest BCUT2D eigenvalue weighted by molar-refractivity contribution is 0.273. The second-order valence-corrected chi connectivity index (χ2v) is 6.08. The zero-order valence-corrected chi connectivity index (χ0v) is 17.5. The first kappa shape index (κ1) is 20.9. The average molecular weight is 447 g/mol. The van der Waals surface area contributed by atoms with Gasteiger partial charge in [-0.25, -0.2) is 0 Å². The van der Waals surface area contributed by atoms with Gasteiger partial charge in [-0.15, -0.1) is 24.0 Å². The van der Waals surface area contributed by atoms with Crippen molar-refractivity contribution < 1.29 is 9.47 Å². The fourth-order valence-electron chi connectivity index (χ4n) is 2.91. The van der Waals surface area contributed by atoms with Crippen molar-refractivity contribution in [2.24, 2.45) is 10.9 Å². The summed E-state index contributed by atoms with van der Waals surface area (Å²) in [6.07, 6.45) is 3.41. The summed E-state index contributed by atoms with van der Waals surface area (Å²) in [6, 6.07) is 6.06. The van der Waals surface area contributed by atoms with Gasteiger partial charge in [0.2, 0.25) is 0 Å². The molecule has 1 saturated heterocycles. The highest BCUT2D eigenvalue weighted by atomic mass is 127. The second kappa shape index (κ2) is 10.6. The summed E-state index contributed by atoms with van der Waals surface area (Å²) >= 11 is 0. The second-order valence-electron chi connectivity index (χ2n) is 6.08. The van der Waals surface area contributed by atoms with Crippen LogP contribution in [0.25, 0.3) is 0 Å². The predicted octanol–water partition coefficient (Wildman–Crippen LogP) is 3.17. The van der Waals surface area contributed by atoms with E-state index in [-0.39, 0.29) is 24.0 Å². The minimum Gasteiger partial charge on any atom is -0.493 e. The standard InChI is InChI=1S/C18H29N3O2.HI/c1-14-8-11-21(12-9-14)18(19-2)20-10-7-15-5-6-16(22-3)17(13-15)23-4;/h5-6,13-14H,7-12H2,1-4H3,(H,19,20);1H.